The first-order valence-electron chi connectivity index (χ1n) is 6.20. The zero-order chi connectivity index (χ0) is 10.4. The molecule has 3 N–H and O–H groups in total. The number of hydrogen-bond acceptors (Lipinski definition) is 2. The first-order valence-corrected chi connectivity index (χ1v) is 6.20. The van der Waals surface area contributed by atoms with Gasteiger partial charge in [0.1, 0.15) is 0 Å². The Balaban J connectivity index is 2.32. The lowest BCUT2D eigenvalue weighted by Crippen LogP contribution is -2.45. The summed E-state index contributed by atoms with van der Waals surface area (Å²) in [5.41, 5.74) is 5.77. The van der Waals surface area contributed by atoms with E-state index in [0.29, 0.717) is 12.0 Å². The Hall–Kier alpha value is -0.0800. The van der Waals surface area contributed by atoms with Crippen molar-refractivity contribution in [2.45, 2.75) is 64.5 Å². The van der Waals surface area contributed by atoms with Gasteiger partial charge >= 0.3 is 0 Å². The third-order valence-corrected chi connectivity index (χ3v) is 3.36. The molecule has 0 heterocycles. The Kier molecular flexibility index (Phi) is 5.49. The SMILES string of the molecule is CC(C)C(CN)NC1CCCCCC1. The average Bonchev–Trinajstić information content (AvgIpc) is 2.41. The fraction of sp³-hybridized carbons (Fsp3) is 1.00. The van der Waals surface area contributed by atoms with Gasteiger partial charge in [-0.1, -0.05) is 39.5 Å². The first kappa shape index (κ1) is 12.0. The topological polar surface area (TPSA) is 38.0 Å². The lowest BCUT2D eigenvalue weighted by Gasteiger charge is -2.26. The van der Waals surface area contributed by atoms with Gasteiger partial charge in [-0.15, -0.1) is 0 Å². The smallest absolute Gasteiger partial charge is 0.0215 e. The van der Waals surface area contributed by atoms with Gasteiger partial charge in [-0.05, 0) is 18.8 Å². The van der Waals surface area contributed by atoms with Crippen molar-refractivity contribution in [1.29, 1.82) is 0 Å². The van der Waals surface area contributed by atoms with Gasteiger partial charge in [0.2, 0.25) is 0 Å². The Morgan fingerprint density at radius 2 is 1.71 bits per heavy atom. The summed E-state index contributed by atoms with van der Waals surface area (Å²) in [4.78, 5) is 0. The van der Waals surface area contributed by atoms with Crippen LogP contribution < -0.4 is 11.1 Å². The van der Waals surface area contributed by atoms with Crippen LogP contribution in [0.2, 0.25) is 0 Å². The van der Waals surface area contributed by atoms with E-state index in [1.54, 1.807) is 0 Å². The normalized spacial score (nSPS) is 22.3. The maximum Gasteiger partial charge on any atom is 0.0215 e. The molecular formula is C12H26N2. The summed E-state index contributed by atoms with van der Waals surface area (Å²) < 4.78 is 0. The quantitative estimate of drug-likeness (QED) is 0.680. The lowest BCUT2D eigenvalue weighted by atomic mass is 10.0. The summed E-state index contributed by atoms with van der Waals surface area (Å²) in [7, 11) is 0. The molecule has 1 atom stereocenters. The van der Waals surface area contributed by atoms with Gasteiger partial charge in [0.25, 0.3) is 0 Å². The number of nitrogens with one attached hydrogen (secondary N) is 1. The van der Waals surface area contributed by atoms with Crippen LogP contribution in [0.3, 0.4) is 0 Å². The van der Waals surface area contributed by atoms with E-state index in [2.05, 4.69) is 19.2 Å². The van der Waals surface area contributed by atoms with Gasteiger partial charge in [0.15, 0.2) is 0 Å². The highest BCUT2D eigenvalue weighted by molar-refractivity contribution is 4.78. The molecule has 0 radical (unpaired) electrons. The van der Waals surface area contributed by atoms with Gasteiger partial charge in [0, 0.05) is 18.6 Å². The minimum absolute atomic E-state index is 0.512. The zero-order valence-electron chi connectivity index (χ0n) is 9.76. The molecule has 2 nitrogen and oxygen atoms in total. The third kappa shape index (κ3) is 3.97. The van der Waals surface area contributed by atoms with Gasteiger partial charge in [-0.25, -0.2) is 0 Å². The van der Waals surface area contributed by atoms with Crippen LogP contribution in [-0.4, -0.2) is 18.6 Å². The molecule has 0 bridgehead atoms. The van der Waals surface area contributed by atoms with E-state index in [0.717, 1.165) is 12.6 Å². The highest BCUT2D eigenvalue weighted by Gasteiger charge is 2.17. The molecule has 0 amide bonds. The Bertz CT molecular complexity index is 137. The fourth-order valence-corrected chi connectivity index (χ4v) is 2.28. The van der Waals surface area contributed by atoms with Crippen molar-refractivity contribution in [2.24, 2.45) is 11.7 Å². The summed E-state index contributed by atoms with van der Waals surface area (Å²) in [6, 6.07) is 1.24. The number of hydrogen-bond donors (Lipinski definition) is 2. The van der Waals surface area contributed by atoms with Crippen molar-refractivity contribution in [3.05, 3.63) is 0 Å². The van der Waals surface area contributed by atoms with Crippen LogP contribution in [0.5, 0.6) is 0 Å². The molecule has 1 aliphatic rings. The molecule has 0 aromatic heterocycles. The fourth-order valence-electron chi connectivity index (χ4n) is 2.28. The van der Waals surface area contributed by atoms with Crippen LogP contribution in [0.25, 0.3) is 0 Å². The average molecular weight is 198 g/mol. The molecule has 0 spiro atoms. The van der Waals surface area contributed by atoms with Gasteiger partial charge in [-0.2, -0.15) is 0 Å². The minimum Gasteiger partial charge on any atom is -0.329 e. The van der Waals surface area contributed by atoms with Crippen LogP contribution in [0.15, 0.2) is 0 Å². The molecule has 1 saturated carbocycles. The van der Waals surface area contributed by atoms with Crippen LogP contribution >= 0.6 is 0 Å². The lowest BCUT2D eigenvalue weighted by molar-refractivity contribution is 0.336. The molecule has 1 fully saturated rings. The summed E-state index contributed by atoms with van der Waals surface area (Å²) in [5, 5.41) is 3.72. The number of nitrogens with two attached hydrogens (primary N) is 1. The second-order valence-corrected chi connectivity index (χ2v) is 4.94. The maximum atomic E-state index is 5.77. The summed E-state index contributed by atoms with van der Waals surface area (Å²) in [6.07, 6.45) is 8.34. The molecule has 1 aliphatic carbocycles. The molecule has 1 unspecified atom stereocenters. The van der Waals surface area contributed by atoms with Crippen molar-refractivity contribution < 1.29 is 0 Å². The van der Waals surface area contributed by atoms with E-state index in [1.807, 2.05) is 0 Å². The van der Waals surface area contributed by atoms with E-state index in [-0.39, 0.29) is 0 Å². The highest BCUT2D eigenvalue weighted by Crippen LogP contribution is 2.18. The third-order valence-electron chi connectivity index (χ3n) is 3.36. The molecule has 0 aromatic rings. The van der Waals surface area contributed by atoms with Crippen molar-refractivity contribution in [2.75, 3.05) is 6.54 Å². The van der Waals surface area contributed by atoms with Crippen molar-refractivity contribution >= 4 is 0 Å². The second kappa shape index (κ2) is 6.41. The van der Waals surface area contributed by atoms with Crippen LogP contribution in [0, 0.1) is 5.92 Å². The van der Waals surface area contributed by atoms with Gasteiger partial charge in [-0.3, -0.25) is 0 Å². The number of rotatable bonds is 4. The minimum atomic E-state index is 0.512. The Labute approximate surface area is 88.6 Å². The van der Waals surface area contributed by atoms with E-state index in [4.69, 9.17) is 5.73 Å². The van der Waals surface area contributed by atoms with E-state index >= 15 is 0 Å². The van der Waals surface area contributed by atoms with E-state index in [1.165, 1.54) is 38.5 Å². The summed E-state index contributed by atoms with van der Waals surface area (Å²) in [6.45, 7) is 5.27. The zero-order valence-corrected chi connectivity index (χ0v) is 9.76. The van der Waals surface area contributed by atoms with E-state index in [9.17, 15) is 0 Å². The standard InChI is InChI=1S/C12H26N2/c1-10(2)12(9-13)14-11-7-5-3-4-6-8-11/h10-12,14H,3-9,13H2,1-2H3. The maximum absolute atomic E-state index is 5.77. The molecular weight excluding hydrogens is 172 g/mol. The van der Waals surface area contributed by atoms with Gasteiger partial charge < -0.3 is 11.1 Å². The Morgan fingerprint density at radius 3 is 2.14 bits per heavy atom. The van der Waals surface area contributed by atoms with E-state index < -0.39 is 0 Å². The molecule has 0 aromatic carbocycles. The molecule has 1 rings (SSSR count). The second-order valence-electron chi connectivity index (χ2n) is 4.94. The summed E-state index contributed by atoms with van der Waals surface area (Å²) in [5.74, 6) is 0.656. The van der Waals surface area contributed by atoms with Crippen molar-refractivity contribution in [1.82, 2.24) is 5.32 Å². The molecule has 0 aliphatic heterocycles. The van der Waals surface area contributed by atoms with Crippen LogP contribution in [-0.2, 0) is 0 Å². The monoisotopic (exact) mass is 198 g/mol. The molecule has 84 valence electrons. The van der Waals surface area contributed by atoms with Crippen LogP contribution in [0.1, 0.15) is 52.4 Å². The summed E-state index contributed by atoms with van der Waals surface area (Å²) >= 11 is 0. The van der Waals surface area contributed by atoms with Crippen molar-refractivity contribution in [3.63, 3.8) is 0 Å². The Morgan fingerprint density at radius 1 is 1.14 bits per heavy atom. The predicted molar refractivity (Wildman–Crippen MR) is 62.3 cm³/mol. The van der Waals surface area contributed by atoms with Crippen molar-refractivity contribution in [3.8, 4) is 0 Å². The largest absolute Gasteiger partial charge is 0.329 e. The molecule has 0 saturated heterocycles. The molecule has 14 heavy (non-hydrogen) atoms. The highest BCUT2D eigenvalue weighted by atomic mass is 15.0. The first-order chi connectivity index (χ1) is 6.74. The van der Waals surface area contributed by atoms with Crippen LogP contribution in [0.4, 0.5) is 0 Å². The van der Waals surface area contributed by atoms with Gasteiger partial charge in [0.05, 0.1) is 0 Å². The predicted octanol–water partition coefficient (Wildman–Crippen LogP) is 2.28. The molecule has 2 heteroatoms.